The van der Waals surface area contributed by atoms with Crippen molar-refractivity contribution in [3.63, 3.8) is 0 Å². The van der Waals surface area contributed by atoms with Crippen LogP contribution in [-0.4, -0.2) is 8.53 Å². The molecule has 1 rings (SSSR count). The number of hydrogen-bond acceptors (Lipinski definition) is 2. The molecule has 0 aliphatic heterocycles. The van der Waals surface area contributed by atoms with E-state index < -0.39 is 15.3 Å². The Morgan fingerprint density at radius 1 is 1.18 bits per heavy atom. The van der Waals surface area contributed by atoms with Crippen LogP contribution in [-0.2, 0) is 24.9 Å². The van der Waals surface area contributed by atoms with Gasteiger partial charge in [0.15, 0.2) is 0 Å². The Kier molecular flexibility index (Phi) is 7.24. The number of halogens is 1. The van der Waals surface area contributed by atoms with E-state index >= 15 is 0 Å². The third kappa shape index (κ3) is 7.38. The van der Waals surface area contributed by atoms with Crippen molar-refractivity contribution in [1.29, 1.82) is 0 Å². The van der Waals surface area contributed by atoms with E-state index in [0.29, 0.717) is 0 Å². The van der Waals surface area contributed by atoms with Crippen LogP contribution in [0.3, 0.4) is 0 Å². The van der Waals surface area contributed by atoms with Crippen molar-refractivity contribution in [2.24, 2.45) is 0 Å². The molecule has 0 radical (unpaired) electrons. The molecule has 4 heteroatoms. The van der Waals surface area contributed by atoms with Crippen molar-refractivity contribution in [2.75, 3.05) is 0 Å². The average molecular weight is 340 g/mol. The van der Waals surface area contributed by atoms with E-state index in [1.165, 1.54) is 8.53 Å². The monoisotopic (exact) mass is 340 g/mol. The topological polar surface area (TPSA) is 34.1 Å². The normalized spacial score (nSPS) is 6.64. The van der Waals surface area contributed by atoms with E-state index in [1.54, 1.807) is 0 Å². The van der Waals surface area contributed by atoms with Crippen LogP contribution in [0.25, 0.3) is 0 Å². The van der Waals surface area contributed by atoms with Crippen molar-refractivity contribution in [2.45, 2.75) is 0 Å². The van der Waals surface area contributed by atoms with Crippen LogP contribution in [0.5, 0.6) is 0 Å². The predicted molar refractivity (Wildman–Crippen MR) is 39.3 cm³/mol. The zero-order valence-corrected chi connectivity index (χ0v) is 9.18. The van der Waals surface area contributed by atoms with E-state index in [2.05, 4.69) is 0 Å². The summed E-state index contributed by atoms with van der Waals surface area (Å²) in [5.74, 6) is 0. The van der Waals surface area contributed by atoms with Crippen molar-refractivity contribution in [1.82, 2.24) is 0 Å². The molecule has 0 aliphatic rings. The molecule has 0 bridgehead atoms. The first kappa shape index (κ1) is 10.5. The molecule has 2 nitrogen and oxygen atoms in total. The van der Waals surface area contributed by atoms with Crippen molar-refractivity contribution in [3.8, 4) is 0 Å². The molecule has 0 saturated heterocycles. The Morgan fingerprint density at radius 3 is 1.73 bits per heavy atom. The first-order chi connectivity index (χ1) is 5.31. The van der Waals surface area contributed by atoms with E-state index in [4.69, 9.17) is 9.42 Å². The van der Waals surface area contributed by atoms with Gasteiger partial charge in [-0.15, -0.1) is 0 Å². The summed E-state index contributed by atoms with van der Waals surface area (Å²) in [5, 5.41) is 0. The second-order valence-electron chi connectivity index (χ2n) is 1.39. The van der Waals surface area contributed by atoms with Gasteiger partial charge in [0.1, 0.15) is 0 Å². The van der Waals surface area contributed by atoms with Crippen LogP contribution in [0.2, 0.25) is 0 Å². The number of carbonyl (C=O) groups excluding carboxylic acids is 2. The number of hydrogen-bond donors (Lipinski definition) is 0. The zero-order chi connectivity index (χ0) is 8.53. The second-order valence-corrected chi connectivity index (χ2v) is 6.95. The predicted octanol–water partition coefficient (Wildman–Crippen LogP) is 1.30. The summed E-state index contributed by atoms with van der Waals surface area (Å²) in [5.41, 5.74) is 0. The molecule has 0 fully saturated rings. The van der Waals surface area contributed by atoms with Crippen molar-refractivity contribution < 1.29 is 24.9 Å². The second kappa shape index (κ2) is 7.59. The molecule has 11 heavy (non-hydrogen) atoms. The fourth-order valence-electron chi connectivity index (χ4n) is 0.338. The molecule has 0 aromatic heterocycles. The van der Waals surface area contributed by atoms with E-state index in [1.807, 2.05) is 30.3 Å². The molecule has 0 spiro atoms. The molecular weight excluding hydrogens is 335 g/mol. The molecule has 0 aliphatic carbocycles. The van der Waals surface area contributed by atoms with Crippen LogP contribution < -0.4 is 0 Å². The summed E-state index contributed by atoms with van der Waals surface area (Å²) >= 11 is -2.74. The summed E-state index contributed by atoms with van der Waals surface area (Å²) in [4.78, 5) is 18.6. The van der Waals surface area contributed by atoms with Gasteiger partial charge in [-0.05, 0) is 0 Å². The minimum absolute atomic E-state index is 1.40. The van der Waals surface area contributed by atoms with Crippen LogP contribution in [0.15, 0.2) is 30.3 Å². The van der Waals surface area contributed by atoms with Crippen LogP contribution in [0, 0.1) is 0 Å². The van der Waals surface area contributed by atoms with E-state index in [-0.39, 0.29) is 0 Å². The first-order valence-corrected chi connectivity index (χ1v) is 9.21. The van der Waals surface area contributed by atoms with Gasteiger partial charge in [-0.1, -0.05) is 0 Å². The fourth-order valence-corrected chi connectivity index (χ4v) is 0.460. The summed E-state index contributed by atoms with van der Waals surface area (Å²) in [6.07, 6.45) is 0. The zero-order valence-electron chi connectivity index (χ0n) is 5.49. The smallest absolute Gasteiger partial charge is 0.172 e. The summed E-state index contributed by atoms with van der Waals surface area (Å²) in [7, 11) is 5.00. The third-order valence-corrected chi connectivity index (χ3v) is 2.78. The molecule has 0 saturated carbocycles. The van der Waals surface area contributed by atoms with Gasteiger partial charge in [0.2, 0.25) is 0 Å². The van der Waals surface area contributed by atoms with Crippen molar-refractivity contribution >= 4 is 18.0 Å². The Hall–Kier alpha value is -0.512. The molecule has 0 heterocycles. The van der Waals surface area contributed by atoms with Gasteiger partial charge in [0.25, 0.3) is 0 Å². The van der Waals surface area contributed by atoms with Gasteiger partial charge in [-0.2, -0.15) is 18.2 Å². The van der Waals surface area contributed by atoms with Crippen LogP contribution in [0.1, 0.15) is 0 Å². The van der Waals surface area contributed by atoms with Gasteiger partial charge >= 0.3 is 42.9 Å². The van der Waals surface area contributed by atoms with Crippen LogP contribution >= 0.6 is 9.42 Å². The largest absolute Gasteiger partial charge is 0.214 e. The van der Waals surface area contributed by atoms with Gasteiger partial charge in [-0.3, -0.25) is 0 Å². The number of rotatable bonds is 0. The maximum Gasteiger partial charge on any atom is -0.172 e. The first-order valence-electron chi connectivity index (χ1n) is 2.64. The molecule has 0 N–H and O–H groups in total. The van der Waals surface area contributed by atoms with E-state index in [0.717, 1.165) is 0 Å². The quantitative estimate of drug-likeness (QED) is 0.667. The summed E-state index contributed by atoms with van der Waals surface area (Å²) in [6, 6.07) is 10.0. The average Bonchev–Trinajstić information content (AvgIpc) is 2.60. The molecular formula is C7H5ClO2W-. The standard InChI is InChI=1S/C5H5.2CO.ClH.W/c1-2-4-5-3-1;2*1-2;;/h1-5H;;;1H;/q-1;;;;+1/p-1. The molecule has 1 aromatic rings. The minimum atomic E-state index is -2.74. The Morgan fingerprint density at radius 2 is 1.64 bits per heavy atom. The van der Waals surface area contributed by atoms with Crippen LogP contribution in [0.4, 0.5) is 0 Å². The Labute approximate surface area is 73.3 Å². The molecule has 0 unspecified atom stereocenters. The molecule has 59 valence electrons. The van der Waals surface area contributed by atoms with Gasteiger partial charge in [0.05, 0.1) is 0 Å². The minimum Gasteiger partial charge on any atom is -0.214 e. The van der Waals surface area contributed by atoms with Gasteiger partial charge < -0.3 is 0 Å². The van der Waals surface area contributed by atoms with Gasteiger partial charge in [-0.25, -0.2) is 12.1 Å². The fraction of sp³-hybridized carbons (Fsp3) is 0. The summed E-state index contributed by atoms with van der Waals surface area (Å²) < 4.78 is 2.80. The molecule has 0 atom stereocenters. The Bertz CT molecular complexity index is 266. The maximum absolute atomic E-state index is 9.30. The van der Waals surface area contributed by atoms with Gasteiger partial charge in [0, 0.05) is 0 Å². The van der Waals surface area contributed by atoms with E-state index in [9.17, 15) is 9.59 Å². The SMILES string of the molecule is O=[C]=[W]([Cl])=[C]=O.c1cc[cH-]c1. The summed E-state index contributed by atoms with van der Waals surface area (Å²) in [6.45, 7) is 0. The molecule has 0 amide bonds. The Balaban J connectivity index is 0.000000183. The maximum atomic E-state index is 9.30. The van der Waals surface area contributed by atoms with Crippen molar-refractivity contribution in [3.05, 3.63) is 30.3 Å². The molecule has 1 aromatic carbocycles. The third-order valence-electron chi connectivity index (χ3n) is 0.702.